The van der Waals surface area contributed by atoms with Crippen molar-refractivity contribution in [2.24, 2.45) is 0 Å². The molecule has 4 nitrogen and oxygen atoms in total. The zero-order chi connectivity index (χ0) is 32.7. The summed E-state index contributed by atoms with van der Waals surface area (Å²) in [4.78, 5) is 12.2. The number of hydrogen-bond acceptors (Lipinski definition) is 4. The topological polar surface area (TPSA) is 55.8 Å². The summed E-state index contributed by atoms with van der Waals surface area (Å²) in [5.74, 6) is -0.208. The average molecular weight is 631 g/mol. The zero-order valence-electron chi connectivity index (χ0n) is 29.9. The van der Waals surface area contributed by atoms with Gasteiger partial charge in [-0.2, -0.15) is 0 Å². The van der Waals surface area contributed by atoms with E-state index in [0.29, 0.717) is 13.0 Å². The van der Waals surface area contributed by atoms with Crippen LogP contribution in [0.4, 0.5) is 0 Å². The molecule has 0 saturated carbocycles. The van der Waals surface area contributed by atoms with Gasteiger partial charge in [0.05, 0.1) is 13.2 Å². The first kappa shape index (κ1) is 43.4. The molecule has 0 saturated heterocycles. The number of hydrogen-bond donors (Lipinski definition) is 1. The normalized spacial score (nSPS) is 12.9. The lowest BCUT2D eigenvalue weighted by Crippen LogP contribution is -2.27. The molecule has 0 amide bonds. The van der Waals surface area contributed by atoms with Gasteiger partial charge in [0.2, 0.25) is 0 Å². The number of esters is 1. The summed E-state index contributed by atoms with van der Waals surface area (Å²) in [7, 11) is 0. The fourth-order valence-electron chi connectivity index (χ4n) is 5.32. The van der Waals surface area contributed by atoms with Crippen molar-refractivity contribution in [1.29, 1.82) is 0 Å². The van der Waals surface area contributed by atoms with E-state index in [0.717, 1.165) is 57.8 Å². The first-order valence-corrected chi connectivity index (χ1v) is 19.2. The van der Waals surface area contributed by atoms with Crippen LogP contribution in [0.3, 0.4) is 0 Å². The molecule has 0 radical (unpaired) electrons. The third kappa shape index (κ3) is 36.7. The second kappa shape index (κ2) is 38.5. The molecule has 0 heterocycles. The van der Waals surface area contributed by atoms with Gasteiger partial charge in [-0.1, -0.05) is 172 Å². The Kier molecular flexibility index (Phi) is 37.1. The second-order valence-corrected chi connectivity index (χ2v) is 12.6. The molecule has 1 atom stereocenters. The van der Waals surface area contributed by atoms with Crippen LogP contribution in [0, 0.1) is 0 Å². The summed E-state index contributed by atoms with van der Waals surface area (Å²) in [6.45, 7) is 5.20. The number of rotatable bonds is 35. The van der Waals surface area contributed by atoms with Gasteiger partial charge in [-0.3, -0.25) is 4.79 Å². The van der Waals surface area contributed by atoms with E-state index in [1.807, 2.05) is 0 Å². The highest BCUT2D eigenvalue weighted by molar-refractivity contribution is 5.69. The van der Waals surface area contributed by atoms with E-state index in [4.69, 9.17) is 9.47 Å². The average Bonchev–Trinajstić information content (AvgIpc) is 3.05. The van der Waals surface area contributed by atoms with Crippen molar-refractivity contribution in [1.82, 2.24) is 0 Å². The van der Waals surface area contributed by atoms with Crippen LogP contribution in [0.1, 0.15) is 181 Å². The maximum Gasteiger partial charge on any atom is 0.306 e. The lowest BCUT2D eigenvalue weighted by Gasteiger charge is -2.15. The fourth-order valence-corrected chi connectivity index (χ4v) is 5.32. The molecule has 262 valence electrons. The van der Waals surface area contributed by atoms with E-state index in [2.05, 4.69) is 62.5 Å². The lowest BCUT2D eigenvalue weighted by atomic mass is 10.0. The minimum Gasteiger partial charge on any atom is -0.457 e. The van der Waals surface area contributed by atoms with Crippen molar-refractivity contribution >= 4 is 5.97 Å². The van der Waals surface area contributed by atoms with Crippen LogP contribution in [0.15, 0.2) is 48.6 Å². The van der Waals surface area contributed by atoms with Crippen LogP contribution in [0.5, 0.6) is 0 Å². The number of allylic oxidation sites excluding steroid dienone is 8. The van der Waals surface area contributed by atoms with Gasteiger partial charge in [0, 0.05) is 13.0 Å². The molecule has 0 aliphatic carbocycles. The molecule has 0 aromatic rings. The molecule has 1 unspecified atom stereocenters. The van der Waals surface area contributed by atoms with E-state index < -0.39 is 6.10 Å². The Morgan fingerprint density at radius 2 is 1.00 bits per heavy atom. The highest BCUT2D eigenvalue weighted by Gasteiger charge is 2.13. The van der Waals surface area contributed by atoms with Crippen LogP contribution >= 0.6 is 0 Å². The van der Waals surface area contributed by atoms with E-state index in [-0.39, 0.29) is 19.2 Å². The Hall–Kier alpha value is -1.65. The molecule has 0 aromatic carbocycles. The van der Waals surface area contributed by atoms with Crippen molar-refractivity contribution in [3.05, 3.63) is 48.6 Å². The molecular weight excluding hydrogens is 556 g/mol. The van der Waals surface area contributed by atoms with Gasteiger partial charge in [-0.05, 0) is 51.4 Å². The SMILES string of the molecule is CC/C=C\C/C=C\C/C=C\C/C=C\CCCCCCCOCC(CO)OC(=O)CCCCCCCCCCCCCCCCC. The van der Waals surface area contributed by atoms with Crippen LogP contribution in [-0.4, -0.2) is 37.0 Å². The third-order valence-corrected chi connectivity index (χ3v) is 8.17. The van der Waals surface area contributed by atoms with Gasteiger partial charge in [-0.25, -0.2) is 0 Å². The molecular formula is C41H74O4. The quantitative estimate of drug-likeness (QED) is 0.0430. The summed E-state index contributed by atoms with van der Waals surface area (Å²) in [6.07, 6.45) is 48.7. The number of carbonyl (C=O) groups excluding carboxylic acids is 1. The molecule has 4 heteroatoms. The van der Waals surface area contributed by atoms with Gasteiger partial charge >= 0.3 is 5.97 Å². The molecule has 0 fully saturated rings. The van der Waals surface area contributed by atoms with E-state index >= 15 is 0 Å². The summed E-state index contributed by atoms with van der Waals surface area (Å²) >= 11 is 0. The van der Waals surface area contributed by atoms with Crippen molar-refractivity contribution in [2.75, 3.05) is 19.8 Å². The van der Waals surface area contributed by atoms with E-state index in [1.165, 1.54) is 103 Å². The highest BCUT2D eigenvalue weighted by Crippen LogP contribution is 2.14. The minimum atomic E-state index is -0.542. The summed E-state index contributed by atoms with van der Waals surface area (Å²) in [5.41, 5.74) is 0. The lowest BCUT2D eigenvalue weighted by molar-refractivity contribution is -0.154. The molecule has 1 N–H and O–H groups in total. The first-order chi connectivity index (χ1) is 22.2. The van der Waals surface area contributed by atoms with Gasteiger partial charge in [0.25, 0.3) is 0 Å². The number of aliphatic hydroxyl groups excluding tert-OH is 1. The van der Waals surface area contributed by atoms with Crippen LogP contribution in [0.25, 0.3) is 0 Å². The Balaban J connectivity index is 3.48. The standard InChI is InChI=1S/C41H74O4/c1-3-5-7-9-11-13-15-17-19-20-21-23-25-27-29-31-33-35-37-44-39-40(38-42)45-41(43)36-34-32-30-28-26-24-22-18-16-14-12-10-8-6-4-2/h5,7,11,13,17,19,21,23,40,42H,3-4,6,8-10,12,14-16,18,20,22,24-39H2,1-2H3/b7-5-,13-11-,19-17-,23-21-. The number of ether oxygens (including phenoxy) is 2. The minimum absolute atomic E-state index is 0.179. The summed E-state index contributed by atoms with van der Waals surface area (Å²) in [6, 6.07) is 0. The van der Waals surface area contributed by atoms with Crippen LogP contribution < -0.4 is 0 Å². The van der Waals surface area contributed by atoms with Gasteiger partial charge in [0.15, 0.2) is 0 Å². The van der Waals surface area contributed by atoms with Crippen LogP contribution in [0.2, 0.25) is 0 Å². The second-order valence-electron chi connectivity index (χ2n) is 12.6. The smallest absolute Gasteiger partial charge is 0.306 e. The molecule has 0 aliphatic heterocycles. The van der Waals surface area contributed by atoms with Crippen molar-refractivity contribution in [3.63, 3.8) is 0 Å². The fraction of sp³-hybridized carbons (Fsp3) is 0.780. The van der Waals surface area contributed by atoms with Gasteiger partial charge in [0.1, 0.15) is 6.10 Å². The number of unbranched alkanes of at least 4 members (excludes halogenated alkanes) is 19. The summed E-state index contributed by atoms with van der Waals surface area (Å²) < 4.78 is 11.1. The molecule has 0 rings (SSSR count). The third-order valence-electron chi connectivity index (χ3n) is 8.17. The Labute approximate surface area is 280 Å². The van der Waals surface area contributed by atoms with Gasteiger partial charge in [-0.15, -0.1) is 0 Å². The maximum absolute atomic E-state index is 12.2. The predicted molar refractivity (Wildman–Crippen MR) is 196 cm³/mol. The van der Waals surface area contributed by atoms with Crippen LogP contribution in [-0.2, 0) is 14.3 Å². The molecule has 0 aromatic heterocycles. The molecule has 0 aliphatic rings. The van der Waals surface area contributed by atoms with Crippen molar-refractivity contribution < 1.29 is 19.4 Å². The number of aliphatic hydroxyl groups is 1. The largest absolute Gasteiger partial charge is 0.457 e. The Morgan fingerprint density at radius 1 is 0.556 bits per heavy atom. The Bertz CT molecular complexity index is 708. The van der Waals surface area contributed by atoms with Crippen molar-refractivity contribution in [3.8, 4) is 0 Å². The highest BCUT2D eigenvalue weighted by atomic mass is 16.6. The Morgan fingerprint density at radius 3 is 1.51 bits per heavy atom. The maximum atomic E-state index is 12.2. The zero-order valence-corrected chi connectivity index (χ0v) is 29.9. The molecule has 0 spiro atoms. The predicted octanol–water partition coefficient (Wildman–Crippen LogP) is 12.3. The molecule has 0 bridgehead atoms. The monoisotopic (exact) mass is 631 g/mol. The molecule has 45 heavy (non-hydrogen) atoms. The van der Waals surface area contributed by atoms with Crippen molar-refractivity contribution in [2.45, 2.75) is 187 Å². The first-order valence-electron chi connectivity index (χ1n) is 19.2. The summed E-state index contributed by atoms with van der Waals surface area (Å²) in [5, 5.41) is 9.57. The van der Waals surface area contributed by atoms with Gasteiger partial charge < -0.3 is 14.6 Å². The van der Waals surface area contributed by atoms with E-state index in [1.54, 1.807) is 0 Å². The van der Waals surface area contributed by atoms with E-state index in [9.17, 15) is 9.90 Å². The number of carbonyl (C=O) groups is 1.